The van der Waals surface area contributed by atoms with Crippen LogP contribution in [0.3, 0.4) is 0 Å². The summed E-state index contributed by atoms with van der Waals surface area (Å²) >= 11 is 0. The molecular formula is C20H22N2O. The molecule has 0 unspecified atom stereocenters. The molecule has 1 aromatic heterocycles. The molecule has 0 radical (unpaired) electrons. The van der Waals surface area contributed by atoms with E-state index in [0.717, 1.165) is 25.1 Å². The van der Waals surface area contributed by atoms with E-state index >= 15 is 0 Å². The van der Waals surface area contributed by atoms with Gasteiger partial charge in [0.25, 0.3) is 0 Å². The standard InChI is InChI=1S/C20H22N2O/c1-13-9-15-10-14(4-7-20(15)23-13)12-22-16-5-6-19(22)17-3-2-8-21-18(17)11-16/h2-4,7-8,10,13,16,19H,5-6,9,11-12H2,1H3/t13-,16+,19+/m1/s1. The van der Waals surface area contributed by atoms with E-state index in [4.69, 9.17) is 4.74 Å². The van der Waals surface area contributed by atoms with E-state index in [-0.39, 0.29) is 0 Å². The summed E-state index contributed by atoms with van der Waals surface area (Å²) in [4.78, 5) is 7.31. The third kappa shape index (κ3) is 2.18. The SMILES string of the molecule is C[C@@H]1Cc2cc(CN3[C@H]4CC[C@H]3c3cccnc3C4)ccc2O1. The Kier molecular flexibility index (Phi) is 2.99. The second-order valence-electron chi connectivity index (χ2n) is 7.24. The lowest BCUT2D eigenvalue weighted by atomic mass is 9.97. The van der Waals surface area contributed by atoms with Gasteiger partial charge in [0.1, 0.15) is 11.9 Å². The lowest BCUT2D eigenvalue weighted by molar-refractivity contribution is 0.166. The number of hydrogen-bond acceptors (Lipinski definition) is 3. The van der Waals surface area contributed by atoms with Crippen molar-refractivity contribution in [1.29, 1.82) is 0 Å². The van der Waals surface area contributed by atoms with Crippen LogP contribution in [0.4, 0.5) is 0 Å². The van der Waals surface area contributed by atoms with Crippen LogP contribution in [0.15, 0.2) is 36.5 Å². The van der Waals surface area contributed by atoms with Gasteiger partial charge in [-0.15, -0.1) is 0 Å². The molecule has 118 valence electrons. The van der Waals surface area contributed by atoms with E-state index < -0.39 is 0 Å². The topological polar surface area (TPSA) is 25.4 Å². The molecule has 0 aliphatic carbocycles. The van der Waals surface area contributed by atoms with Gasteiger partial charge < -0.3 is 4.74 Å². The lowest BCUT2D eigenvalue weighted by Crippen LogP contribution is -2.37. The van der Waals surface area contributed by atoms with Crippen molar-refractivity contribution in [2.75, 3.05) is 0 Å². The highest BCUT2D eigenvalue weighted by Crippen LogP contribution is 2.44. The van der Waals surface area contributed by atoms with Crippen molar-refractivity contribution in [3.63, 3.8) is 0 Å². The van der Waals surface area contributed by atoms with Crippen molar-refractivity contribution in [2.45, 2.75) is 57.3 Å². The first-order valence-corrected chi connectivity index (χ1v) is 8.76. The number of fused-ring (bicyclic) bond motifs is 5. The normalized spacial score (nSPS) is 28.3. The van der Waals surface area contributed by atoms with Crippen LogP contribution in [0.1, 0.15) is 48.2 Å². The molecule has 1 saturated heterocycles. The number of rotatable bonds is 2. The van der Waals surface area contributed by atoms with Crippen molar-refractivity contribution in [3.05, 3.63) is 58.9 Å². The van der Waals surface area contributed by atoms with E-state index in [9.17, 15) is 0 Å². The molecule has 3 nitrogen and oxygen atoms in total. The second-order valence-corrected chi connectivity index (χ2v) is 7.24. The zero-order valence-corrected chi connectivity index (χ0v) is 13.5. The Bertz CT molecular complexity index is 757. The van der Waals surface area contributed by atoms with Gasteiger partial charge in [-0.25, -0.2) is 0 Å². The van der Waals surface area contributed by atoms with Gasteiger partial charge in [0.15, 0.2) is 0 Å². The van der Waals surface area contributed by atoms with Crippen LogP contribution in [-0.2, 0) is 19.4 Å². The van der Waals surface area contributed by atoms with Gasteiger partial charge in [-0.1, -0.05) is 18.2 Å². The Morgan fingerprint density at radius 3 is 3.13 bits per heavy atom. The summed E-state index contributed by atoms with van der Waals surface area (Å²) in [6, 6.07) is 12.3. The molecule has 3 heteroatoms. The lowest BCUT2D eigenvalue weighted by Gasteiger charge is -2.35. The van der Waals surface area contributed by atoms with Crippen LogP contribution >= 0.6 is 0 Å². The van der Waals surface area contributed by atoms with Gasteiger partial charge in [-0.2, -0.15) is 0 Å². The van der Waals surface area contributed by atoms with Crippen LogP contribution in [0.2, 0.25) is 0 Å². The van der Waals surface area contributed by atoms with Crippen LogP contribution < -0.4 is 4.74 Å². The summed E-state index contributed by atoms with van der Waals surface area (Å²) in [5, 5.41) is 0. The quantitative estimate of drug-likeness (QED) is 0.846. The second kappa shape index (κ2) is 5.07. The molecule has 0 N–H and O–H groups in total. The van der Waals surface area contributed by atoms with Gasteiger partial charge in [0.05, 0.1) is 0 Å². The largest absolute Gasteiger partial charge is 0.490 e. The minimum absolute atomic E-state index is 0.323. The van der Waals surface area contributed by atoms with Crippen molar-refractivity contribution in [1.82, 2.24) is 9.88 Å². The maximum absolute atomic E-state index is 5.83. The zero-order valence-electron chi connectivity index (χ0n) is 13.5. The first kappa shape index (κ1) is 13.6. The van der Waals surface area contributed by atoms with E-state index in [1.807, 2.05) is 6.20 Å². The maximum atomic E-state index is 5.83. The Hall–Kier alpha value is -1.87. The number of benzene rings is 1. The first-order valence-electron chi connectivity index (χ1n) is 8.76. The van der Waals surface area contributed by atoms with Crippen molar-refractivity contribution < 1.29 is 4.74 Å². The van der Waals surface area contributed by atoms with Gasteiger partial charge in [-0.3, -0.25) is 9.88 Å². The molecule has 2 aromatic rings. The highest BCUT2D eigenvalue weighted by Gasteiger charge is 2.40. The van der Waals surface area contributed by atoms with E-state index in [0.29, 0.717) is 18.2 Å². The molecule has 0 saturated carbocycles. The minimum atomic E-state index is 0.323. The van der Waals surface area contributed by atoms with E-state index in [2.05, 4.69) is 47.1 Å². The summed E-state index contributed by atoms with van der Waals surface area (Å²) in [6.45, 7) is 3.19. The molecule has 3 aliphatic heterocycles. The molecule has 4 heterocycles. The van der Waals surface area contributed by atoms with Crippen LogP contribution in [0, 0.1) is 0 Å². The zero-order chi connectivity index (χ0) is 15.4. The van der Waals surface area contributed by atoms with Crippen molar-refractivity contribution in [2.24, 2.45) is 0 Å². The molecule has 1 aromatic carbocycles. The molecule has 5 rings (SSSR count). The van der Waals surface area contributed by atoms with Gasteiger partial charge in [0.2, 0.25) is 0 Å². The average molecular weight is 306 g/mol. The molecule has 0 spiro atoms. The summed E-state index contributed by atoms with van der Waals surface area (Å²) in [7, 11) is 0. The molecule has 0 amide bonds. The molecular weight excluding hydrogens is 284 g/mol. The Balaban J connectivity index is 1.43. The Morgan fingerprint density at radius 2 is 2.17 bits per heavy atom. The summed E-state index contributed by atoms with van der Waals surface area (Å²) in [6.07, 6.45) is 6.99. The number of aromatic nitrogens is 1. The van der Waals surface area contributed by atoms with Crippen LogP contribution in [0.25, 0.3) is 0 Å². The van der Waals surface area contributed by atoms with E-state index in [1.54, 1.807) is 0 Å². The fourth-order valence-corrected chi connectivity index (χ4v) is 4.66. The summed E-state index contributed by atoms with van der Waals surface area (Å²) in [5.74, 6) is 1.08. The highest BCUT2D eigenvalue weighted by molar-refractivity contribution is 5.41. The van der Waals surface area contributed by atoms with Gasteiger partial charge in [0, 0.05) is 43.4 Å². The average Bonchev–Trinajstić information content (AvgIpc) is 3.04. The predicted molar refractivity (Wildman–Crippen MR) is 89.5 cm³/mol. The van der Waals surface area contributed by atoms with Gasteiger partial charge >= 0.3 is 0 Å². The predicted octanol–water partition coefficient (Wildman–Crippen LogP) is 3.67. The molecule has 2 bridgehead atoms. The van der Waals surface area contributed by atoms with Crippen LogP contribution in [0.5, 0.6) is 5.75 Å². The number of hydrogen-bond donors (Lipinski definition) is 0. The van der Waals surface area contributed by atoms with Crippen molar-refractivity contribution in [3.8, 4) is 5.75 Å². The van der Waals surface area contributed by atoms with E-state index in [1.165, 1.54) is 35.2 Å². The van der Waals surface area contributed by atoms with Gasteiger partial charge in [-0.05, 0) is 48.6 Å². The summed E-state index contributed by atoms with van der Waals surface area (Å²) in [5.41, 5.74) is 5.58. The van der Waals surface area contributed by atoms with Crippen LogP contribution in [-0.4, -0.2) is 22.0 Å². The monoisotopic (exact) mass is 306 g/mol. The third-order valence-electron chi connectivity index (χ3n) is 5.68. The fraction of sp³-hybridized carbons (Fsp3) is 0.450. The number of nitrogens with zero attached hydrogens (tertiary/aromatic N) is 2. The number of pyridine rings is 1. The third-order valence-corrected chi connectivity index (χ3v) is 5.68. The highest BCUT2D eigenvalue weighted by atomic mass is 16.5. The number of ether oxygens (including phenoxy) is 1. The molecule has 1 fully saturated rings. The maximum Gasteiger partial charge on any atom is 0.123 e. The minimum Gasteiger partial charge on any atom is -0.490 e. The molecule has 3 aliphatic rings. The Labute approximate surface area is 137 Å². The fourth-order valence-electron chi connectivity index (χ4n) is 4.66. The molecule has 3 atom stereocenters. The smallest absolute Gasteiger partial charge is 0.123 e. The summed E-state index contributed by atoms with van der Waals surface area (Å²) < 4.78 is 5.83. The van der Waals surface area contributed by atoms with Crippen molar-refractivity contribution >= 4 is 0 Å². The Morgan fingerprint density at radius 1 is 1.22 bits per heavy atom. The first-order chi connectivity index (χ1) is 11.3. The molecule has 23 heavy (non-hydrogen) atoms.